The number of methoxy groups -OCH3 is 1. The zero-order valence-corrected chi connectivity index (χ0v) is 14.3. The Morgan fingerprint density at radius 2 is 2.04 bits per heavy atom. The van der Waals surface area contributed by atoms with Crippen LogP contribution < -0.4 is 15.4 Å². The van der Waals surface area contributed by atoms with Gasteiger partial charge in [-0.15, -0.1) is 0 Å². The molecule has 0 atom stereocenters. The van der Waals surface area contributed by atoms with Gasteiger partial charge >= 0.3 is 6.03 Å². The average Bonchev–Trinajstić information content (AvgIpc) is 3.08. The summed E-state index contributed by atoms with van der Waals surface area (Å²) in [4.78, 5) is 14.4. The van der Waals surface area contributed by atoms with Crippen LogP contribution >= 0.6 is 0 Å². The summed E-state index contributed by atoms with van der Waals surface area (Å²) in [7, 11) is 1.59. The summed E-state index contributed by atoms with van der Waals surface area (Å²) in [6.07, 6.45) is 3.47. The zero-order chi connectivity index (χ0) is 17.5. The molecule has 2 heterocycles. The number of ether oxygens (including phenoxy) is 2. The molecule has 3 rings (SSSR count). The van der Waals surface area contributed by atoms with Crippen LogP contribution in [0.2, 0.25) is 0 Å². The third-order valence-corrected chi connectivity index (χ3v) is 3.97. The van der Waals surface area contributed by atoms with E-state index in [-0.39, 0.29) is 6.03 Å². The molecular weight excluding hydrogens is 322 g/mol. The van der Waals surface area contributed by atoms with E-state index in [1.54, 1.807) is 25.4 Å². The molecule has 8 nitrogen and oxygen atoms in total. The highest BCUT2D eigenvalue weighted by Crippen LogP contribution is 2.17. The quantitative estimate of drug-likeness (QED) is 0.835. The summed E-state index contributed by atoms with van der Waals surface area (Å²) >= 11 is 0. The number of amides is 2. The Morgan fingerprint density at radius 3 is 2.84 bits per heavy atom. The van der Waals surface area contributed by atoms with Crippen molar-refractivity contribution < 1.29 is 14.3 Å². The first-order chi connectivity index (χ1) is 12.2. The lowest BCUT2D eigenvalue weighted by Crippen LogP contribution is -2.38. The lowest BCUT2D eigenvalue weighted by atomic mass is 10.3. The van der Waals surface area contributed by atoms with E-state index in [4.69, 9.17) is 9.47 Å². The molecule has 1 saturated heterocycles. The number of benzene rings is 1. The smallest absolute Gasteiger partial charge is 0.323 e. The van der Waals surface area contributed by atoms with Crippen molar-refractivity contribution in [3.8, 4) is 5.75 Å². The summed E-state index contributed by atoms with van der Waals surface area (Å²) in [5.74, 6) is 0.689. The number of nitrogens with zero attached hydrogens (tertiary/aromatic N) is 3. The van der Waals surface area contributed by atoms with Gasteiger partial charge in [0.2, 0.25) is 0 Å². The molecule has 2 aromatic rings. The molecule has 0 aliphatic carbocycles. The van der Waals surface area contributed by atoms with Gasteiger partial charge in [-0.3, -0.25) is 9.58 Å². The first-order valence-electron chi connectivity index (χ1n) is 8.27. The van der Waals surface area contributed by atoms with Gasteiger partial charge in [-0.2, -0.15) is 5.10 Å². The van der Waals surface area contributed by atoms with Crippen LogP contribution in [0, 0.1) is 0 Å². The number of hydrogen-bond donors (Lipinski definition) is 2. The fourth-order valence-corrected chi connectivity index (χ4v) is 2.61. The van der Waals surface area contributed by atoms with Crippen molar-refractivity contribution in [2.24, 2.45) is 0 Å². The fraction of sp³-hybridized carbons (Fsp3) is 0.412. The van der Waals surface area contributed by atoms with Crippen LogP contribution in [-0.4, -0.2) is 60.7 Å². The van der Waals surface area contributed by atoms with E-state index in [1.807, 2.05) is 23.0 Å². The highest BCUT2D eigenvalue weighted by Gasteiger charge is 2.10. The molecule has 1 aliphatic heterocycles. The second kappa shape index (κ2) is 8.50. The highest BCUT2D eigenvalue weighted by molar-refractivity contribution is 5.99. The second-order valence-electron chi connectivity index (χ2n) is 5.76. The molecule has 2 amide bonds. The Labute approximate surface area is 146 Å². The topological polar surface area (TPSA) is 80.7 Å². The van der Waals surface area contributed by atoms with Crippen LogP contribution in [0.4, 0.5) is 16.2 Å². The minimum absolute atomic E-state index is 0.319. The number of morpholine rings is 1. The standard InChI is InChI=1S/C17H23N5O3/c1-24-16-4-2-3-14(11-16)19-17(23)20-15-12-18-22(13-15)6-5-21-7-9-25-10-8-21/h2-4,11-13H,5-10H2,1H3,(H2,19,20,23). The van der Waals surface area contributed by atoms with Gasteiger partial charge < -0.3 is 20.1 Å². The van der Waals surface area contributed by atoms with E-state index in [0.29, 0.717) is 17.1 Å². The second-order valence-corrected chi connectivity index (χ2v) is 5.76. The number of aromatic nitrogens is 2. The number of anilines is 2. The molecule has 8 heteroatoms. The SMILES string of the molecule is COc1cccc(NC(=O)Nc2cnn(CCN3CCOCC3)c2)c1. The molecule has 0 saturated carbocycles. The lowest BCUT2D eigenvalue weighted by molar-refractivity contribution is 0.0360. The van der Waals surface area contributed by atoms with Crippen molar-refractivity contribution in [2.75, 3.05) is 50.6 Å². The van der Waals surface area contributed by atoms with E-state index >= 15 is 0 Å². The molecule has 2 N–H and O–H groups in total. The Bertz CT molecular complexity index is 697. The Hall–Kier alpha value is -2.58. The maximum absolute atomic E-state index is 12.1. The largest absolute Gasteiger partial charge is 0.497 e. The van der Waals surface area contributed by atoms with Crippen LogP contribution in [0.25, 0.3) is 0 Å². The summed E-state index contributed by atoms with van der Waals surface area (Å²) in [5.41, 5.74) is 1.32. The summed E-state index contributed by atoms with van der Waals surface area (Å²) in [6, 6.07) is 6.87. The first kappa shape index (κ1) is 17.2. The normalized spacial score (nSPS) is 14.9. The van der Waals surface area contributed by atoms with Gasteiger partial charge in [-0.25, -0.2) is 4.79 Å². The molecular formula is C17H23N5O3. The van der Waals surface area contributed by atoms with Gasteiger partial charge in [0.15, 0.2) is 0 Å². The monoisotopic (exact) mass is 345 g/mol. The molecule has 25 heavy (non-hydrogen) atoms. The molecule has 1 aliphatic rings. The van der Waals surface area contributed by atoms with Crippen LogP contribution in [0.15, 0.2) is 36.7 Å². The van der Waals surface area contributed by atoms with Crippen molar-refractivity contribution in [2.45, 2.75) is 6.54 Å². The maximum Gasteiger partial charge on any atom is 0.323 e. The van der Waals surface area contributed by atoms with Gasteiger partial charge in [-0.05, 0) is 12.1 Å². The van der Waals surface area contributed by atoms with Gasteiger partial charge in [-0.1, -0.05) is 6.07 Å². The van der Waals surface area contributed by atoms with Crippen molar-refractivity contribution in [1.29, 1.82) is 0 Å². The van der Waals surface area contributed by atoms with Crippen molar-refractivity contribution in [3.05, 3.63) is 36.7 Å². The Balaban J connectivity index is 1.47. The third kappa shape index (κ3) is 5.20. The van der Waals surface area contributed by atoms with Gasteiger partial charge in [0.1, 0.15) is 5.75 Å². The Kier molecular flexibility index (Phi) is 5.86. The predicted octanol–water partition coefficient (Wildman–Crippen LogP) is 1.87. The van der Waals surface area contributed by atoms with Crippen molar-refractivity contribution >= 4 is 17.4 Å². The van der Waals surface area contributed by atoms with Crippen LogP contribution in [-0.2, 0) is 11.3 Å². The van der Waals surface area contributed by atoms with E-state index in [0.717, 1.165) is 39.4 Å². The van der Waals surface area contributed by atoms with Gasteiger partial charge in [0.25, 0.3) is 0 Å². The third-order valence-electron chi connectivity index (χ3n) is 3.97. The first-order valence-corrected chi connectivity index (χ1v) is 8.27. The molecule has 1 fully saturated rings. The zero-order valence-electron chi connectivity index (χ0n) is 14.3. The number of carbonyl (C=O) groups excluding carboxylic acids is 1. The minimum atomic E-state index is -0.319. The lowest BCUT2D eigenvalue weighted by Gasteiger charge is -2.26. The van der Waals surface area contributed by atoms with Crippen molar-refractivity contribution in [1.82, 2.24) is 14.7 Å². The number of nitrogens with one attached hydrogen (secondary N) is 2. The molecule has 0 radical (unpaired) electrons. The van der Waals surface area contributed by atoms with Gasteiger partial charge in [0, 0.05) is 37.6 Å². The summed E-state index contributed by atoms with van der Waals surface area (Å²) in [6.45, 7) is 5.18. The van der Waals surface area contributed by atoms with E-state index in [9.17, 15) is 4.79 Å². The average molecular weight is 345 g/mol. The Morgan fingerprint density at radius 1 is 1.24 bits per heavy atom. The van der Waals surface area contributed by atoms with Gasteiger partial charge in [0.05, 0.1) is 38.8 Å². The summed E-state index contributed by atoms with van der Waals surface area (Å²) < 4.78 is 12.3. The number of hydrogen-bond acceptors (Lipinski definition) is 5. The molecule has 0 unspecified atom stereocenters. The van der Waals surface area contributed by atoms with Crippen LogP contribution in [0.3, 0.4) is 0 Å². The van der Waals surface area contributed by atoms with Crippen molar-refractivity contribution in [3.63, 3.8) is 0 Å². The molecule has 1 aromatic carbocycles. The minimum Gasteiger partial charge on any atom is -0.497 e. The highest BCUT2D eigenvalue weighted by atomic mass is 16.5. The molecule has 0 spiro atoms. The molecule has 0 bridgehead atoms. The van der Waals surface area contributed by atoms with Crippen LogP contribution in [0.1, 0.15) is 0 Å². The van der Waals surface area contributed by atoms with E-state index in [1.165, 1.54) is 0 Å². The number of carbonyl (C=O) groups is 1. The van der Waals surface area contributed by atoms with Crippen LogP contribution in [0.5, 0.6) is 5.75 Å². The summed E-state index contributed by atoms with van der Waals surface area (Å²) in [5, 5.41) is 9.83. The van der Waals surface area contributed by atoms with E-state index < -0.39 is 0 Å². The fourth-order valence-electron chi connectivity index (χ4n) is 2.61. The number of rotatable bonds is 6. The maximum atomic E-state index is 12.1. The number of urea groups is 1. The van der Waals surface area contributed by atoms with E-state index in [2.05, 4.69) is 20.6 Å². The molecule has 1 aromatic heterocycles. The molecule has 134 valence electrons. The predicted molar refractivity (Wildman–Crippen MR) is 95.1 cm³/mol.